The van der Waals surface area contributed by atoms with Crippen LogP contribution in [-0.2, 0) is 12.8 Å². The Bertz CT molecular complexity index is 995. The summed E-state index contributed by atoms with van der Waals surface area (Å²) in [5.74, 6) is 2.35. The monoisotopic (exact) mass is 433 g/mol. The Kier molecular flexibility index (Phi) is 5.18. The first-order valence-electron chi connectivity index (χ1n) is 12.0. The van der Waals surface area contributed by atoms with Gasteiger partial charge in [0.15, 0.2) is 11.5 Å². The fraction of sp³-hybridized carbons (Fsp3) is 0.500. The van der Waals surface area contributed by atoms with Gasteiger partial charge in [0.2, 0.25) is 6.79 Å². The van der Waals surface area contributed by atoms with E-state index in [4.69, 9.17) is 9.47 Å². The number of nitrogens with one attached hydrogen (secondary N) is 1. The normalized spacial score (nSPS) is 26.1. The molecule has 4 aliphatic rings. The van der Waals surface area contributed by atoms with Gasteiger partial charge in [0, 0.05) is 43.8 Å². The van der Waals surface area contributed by atoms with E-state index in [2.05, 4.69) is 39.4 Å². The maximum atomic E-state index is 13.2. The summed E-state index contributed by atoms with van der Waals surface area (Å²) in [6, 6.07) is 15.3. The van der Waals surface area contributed by atoms with Crippen molar-refractivity contribution in [3.05, 3.63) is 59.2 Å². The van der Waals surface area contributed by atoms with Crippen LogP contribution in [-0.4, -0.2) is 54.8 Å². The maximum absolute atomic E-state index is 13.2. The molecule has 0 saturated carbocycles. The zero-order chi connectivity index (χ0) is 21.5. The fourth-order valence-corrected chi connectivity index (χ4v) is 6.22. The third kappa shape index (κ3) is 3.51. The zero-order valence-electron chi connectivity index (χ0n) is 18.5. The summed E-state index contributed by atoms with van der Waals surface area (Å²) in [6.45, 7) is 3.98. The average molecular weight is 434 g/mol. The SMILES string of the molecule is O=C(NCCc1ccccc1)N1CCC[C@H]2CN3CCc4ccc5c(c4[C@H]3C[C@H]21)OCO5. The van der Waals surface area contributed by atoms with Crippen LogP contribution in [0.5, 0.6) is 11.5 Å². The zero-order valence-corrected chi connectivity index (χ0v) is 18.5. The van der Waals surface area contributed by atoms with Crippen LogP contribution in [0, 0.1) is 5.92 Å². The van der Waals surface area contributed by atoms with Crippen LogP contribution in [0.15, 0.2) is 42.5 Å². The van der Waals surface area contributed by atoms with Crippen molar-refractivity contribution in [1.29, 1.82) is 0 Å². The molecular weight excluding hydrogens is 402 g/mol. The molecule has 6 heteroatoms. The lowest BCUT2D eigenvalue weighted by Crippen LogP contribution is -2.59. The molecule has 3 atom stereocenters. The largest absolute Gasteiger partial charge is 0.454 e. The lowest BCUT2D eigenvalue weighted by Gasteiger charge is -2.52. The van der Waals surface area contributed by atoms with E-state index in [1.54, 1.807) is 0 Å². The van der Waals surface area contributed by atoms with Crippen LogP contribution in [0.3, 0.4) is 0 Å². The third-order valence-corrected chi connectivity index (χ3v) is 7.76. The van der Waals surface area contributed by atoms with Crippen LogP contribution in [0.25, 0.3) is 0 Å². The number of hydrogen-bond donors (Lipinski definition) is 1. The summed E-state index contributed by atoms with van der Waals surface area (Å²) >= 11 is 0. The van der Waals surface area contributed by atoms with Crippen molar-refractivity contribution in [2.75, 3.05) is 33.0 Å². The average Bonchev–Trinajstić information content (AvgIpc) is 3.32. The standard InChI is InChI=1S/C26H31N3O3/c30-26(27-12-10-18-5-2-1-3-6-18)29-13-4-7-20-16-28-14-11-19-8-9-23-25(32-17-31-23)24(19)22(28)15-21(20)29/h1-3,5-6,8-9,20-22H,4,7,10-17H2,(H,27,30)/t20-,21+,22+/m0/s1. The Morgan fingerprint density at radius 1 is 1.09 bits per heavy atom. The van der Waals surface area contributed by atoms with Crippen molar-refractivity contribution in [2.24, 2.45) is 5.92 Å². The quantitative estimate of drug-likeness (QED) is 0.801. The molecule has 6 rings (SSSR count). The number of piperidine rings is 2. The first-order valence-corrected chi connectivity index (χ1v) is 12.0. The van der Waals surface area contributed by atoms with Crippen molar-refractivity contribution in [2.45, 2.75) is 44.2 Å². The molecule has 2 saturated heterocycles. The van der Waals surface area contributed by atoms with E-state index in [1.165, 1.54) is 23.1 Å². The highest BCUT2D eigenvalue weighted by Crippen LogP contribution is 2.49. The fourth-order valence-electron chi connectivity index (χ4n) is 6.22. The molecule has 0 radical (unpaired) electrons. The molecule has 4 heterocycles. The minimum atomic E-state index is 0.0954. The van der Waals surface area contributed by atoms with Gasteiger partial charge in [-0.25, -0.2) is 4.79 Å². The van der Waals surface area contributed by atoms with Crippen molar-refractivity contribution in [3.8, 4) is 11.5 Å². The number of fused-ring (bicyclic) bond motifs is 6. The van der Waals surface area contributed by atoms with Crippen LogP contribution in [0.2, 0.25) is 0 Å². The van der Waals surface area contributed by atoms with Gasteiger partial charge >= 0.3 is 6.03 Å². The highest BCUT2D eigenvalue weighted by Gasteiger charge is 2.45. The van der Waals surface area contributed by atoms with E-state index in [0.717, 1.165) is 56.8 Å². The minimum absolute atomic E-state index is 0.0954. The van der Waals surface area contributed by atoms with E-state index >= 15 is 0 Å². The van der Waals surface area contributed by atoms with E-state index in [9.17, 15) is 4.79 Å². The molecule has 2 aromatic rings. The lowest BCUT2D eigenvalue weighted by atomic mass is 9.76. The Morgan fingerprint density at radius 3 is 2.91 bits per heavy atom. The van der Waals surface area contributed by atoms with E-state index in [-0.39, 0.29) is 12.1 Å². The van der Waals surface area contributed by atoms with Gasteiger partial charge in [0.25, 0.3) is 0 Å². The van der Waals surface area contributed by atoms with Gasteiger partial charge in [0.1, 0.15) is 0 Å². The van der Waals surface area contributed by atoms with Gasteiger partial charge in [-0.1, -0.05) is 36.4 Å². The molecule has 168 valence electrons. The molecule has 2 amide bonds. The number of carbonyl (C=O) groups is 1. The Morgan fingerprint density at radius 2 is 2.00 bits per heavy atom. The number of ether oxygens (including phenoxy) is 2. The smallest absolute Gasteiger partial charge is 0.317 e. The van der Waals surface area contributed by atoms with Gasteiger partial charge in [-0.3, -0.25) is 4.90 Å². The summed E-state index contributed by atoms with van der Waals surface area (Å²) < 4.78 is 11.6. The second-order valence-electron chi connectivity index (χ2n) is 9.50. The molecule has 0 aliphatic carbocycles. The highest BCUT2D eigenvalue weighted by atomic mass is 16.7. The number of benzene rings is 2. The van der Waals surface area contributed by atoms with Crippen LogP contribution < -0.4 is 14.8 Å². The molecule has 2 aromatic carbocycles. The number of rotatable bonds is 3. The molecule has 4 aliphatic heterocycles. The topological polar surface area (TPSA) is 54.0 Å². The third-order valence-electron chi connectivity index (χ3n) is 7.76. The first kappa shape index (κ1) is 19.9. The molecule has 2 fully saturated rings. The number of urea groups is 1. The van der Waals surface area contributed by atoms with Gasteiger partial charge in [-0.05, 0) is 55.2 Å². The molecular formula is C26H31N3O3. The molecule has 0 unspecified atom stereocenters. The van der Waals surface area contributed by atoms with Gasteiger partial charge in [-0.2, -0.15) is 0 Å². The second-order valence-corrected chi connectivity index (χ2v) is 9.50. The predicted octanol–water partition coefficient (Wildman–Crippen LogP) is 3.75. The Hall–Kier alpha value is -2.73. The van der Waals surface area contributed by atoms with Gasteiger partial charge in [-0.15, -0.1) is 0 Å². The number of likely N-dealkylation sites (tertiary alicyclic amines) is 1. The molecule has 1 N–H and O–H groups in total. The summed E-state index contributed by atoms with van der Waals surface area (Å²) in [7, 11) is 0. The second kappa shape index (κ2) is 8.32. The molecule has 0 aromatic heterocycles. The Balaban J connectivity index is 1.19. The molecule has 0 bridgehead atoms. The Labute approximate surface area is 189 Å². The van der Waals surface area contributed by atoms with Crippen molar-refractivity contribution in [3.63, 3.8) is 0 Å². The van der Waals surface area contributed by atoms with Crippen molar-refractivity contribution < 1.29 is 14.3 Å². The predicted molar refractivity (Wildman–Crippen MR) is 122 cm³/mol. The molecule has 6 nitrogen and oxygen atoms in total. The summed E-state index contributed by atoms with van der Waals surface area (Å²) in [6.07, 6.45) is 5.20. The van der Waals surface area contributed by atoms with E-state index < -0.39 is 0 Å². The van der Waals surface area contributed by atoms with Gasteiger partial charge < -0.3 is 19.7 Å². The summed E-state index contributed by atoms with van der Waals surface area (Å²) in [5, 5.41) is 3.20. The number of carbonyl (C=O) groups excluding carboxylic acids is 1. The first-order chi connectivity index (χ1) is 15.8. The van der Waals surface area contributed by atoms with Crippen molar-refractivity contribution >= 4 is 6.03 Å². The molecule has 32 heavy (non-hydrogen) atoms. The summed E-state index contributed by atoms with van der Waals surface area (Å²) in [5.41, 5.74) is 3.94. The van der Waals surface area contributed by atoms with Crippen LogP contribution >= 0.6 is 0 Å². The number of nitrogens with zero attached hydrogens (tertiary/aromatic N) is 2. The van der Waals surface area contributed by atoms with Crippen LogP contribution in [0.4, 0.5) is 4.79 Å². The summed E-state index contributed by atoms with van der Waals surface area (Å²) in [4.78, 5) is 18.0. The number of amides is 2. The maximum Gasteiger partial charge on any atom is 0.317 e. The van der Waals surface area contributed by atoms with E-state index in [1.807, 2.05) is 18.2 Å². The number of hydrogen-bond acceptors (Lipinski definition) is 4. The minimum Gasteiger partial charge on any atom is -0.454 e. The highest BCUT2D eigenvalue weighted by molar-refractivity contribution is 5.74. The molecule has 0 spiro atoms. The van der Waals surface area contributed by atoms with Crippen molar-refractivity contribution in [1.82, 2.24) is 15.1 Å². The van der Waals surface area contributed by atoms with Crippen LogP contribution in [0.1, 0.15) is 42.0 Å². The van der Waals surface area contributed by atoms with Gasteiger partial charge in [0.05, 0.1) is 0 Å². The lowest BCUT2D eigenvalue weighted by molar-refractivity contribution is 0.00493. The van der Waals surface area contributed by atoms with E-state index in [0.29, 0.717) is 25.3 Å².